The third-order valence-electron chi connectivity index (χ3n) is 5.69. The van der Waals surface area contributed by atoms with Crippen molar-refractivity contribution < 1.29 is 0 Å². The number of hydrogen-bond donors (Lipinski definition) is 1. The Morgan fingerprint density at radius 3 is 2.96 bits per heavy atom. The largest absolute Gasteiger partial charge is 0.330 e. The molecule has 2 aromatic rings. The van der Waals surface area contributed by atoms with E-state index in [-0.39, 0.29) is 0 Å². The van der Waals surface area contributed by atoms with Crippen LogP contribution in [-0.2, 0) is 25.9 Å². The summed E-state index contributed by atoms with van der Waals surface area (Å²) in [6.07, 6.45) is 9.32. The zero-order valence-electron chi connectivity index (χ0n) is 15.8. The van der Waals surface area contributed by atoms with Crippen molar-refractivity contribution in [1.29, 1.82) is 0 Å². The fourth-order valence-corrected chi connectivity index (χ4v) is 5.30. The van der Waals surface area contributed by atoms with Gasteiger partial charge in [-0.15, -0.1) is 21.5 Å². The number of nitrogens with zero attached hydrogens (tertiary/aromatic N) is 5. The molecule has 0 aliphatic carbocycles. The molecule has 7 heteroatoms. The quantitative estimate of drug-likeness (QED) is 0.841. The van der Waals surface area contributed by atoms with E-state index in [9.17, 15) is 0 Å². The predicted molar refractivity (Wildman–Crippen MR) is 104 cm³/mol. The van der Waals surface area contributed by atoms with Gasteiger partial charge in [-0.25, -0.2) is 4.98 Å². The lowest BCUT2D eigenvalue weighted by Crippen LogP contribution is -2.25. The van der Waals surface area contributed by atoms with Crippen molar-refractivity contribution in [2.45, 2.75) is 77.4 Å². The zero-order valence-corrected chi connectivity index (χ0v) is 16.6. The van der Waals surface area contributed by atoms with Crippen LogP contribution in [0.3, 0.4) is 0 Å². The van der Waals surface area contributed by atoms with Gasteiger partial charge in [0.15, 0.2) is 0 Å². The second-order valence-corrected chi connectivity index (χ2v) is 8.86. The summed E-state index contributed by atoms with van der Waals surface area (Å²) in [6.45, 7) is 6.07. The van der Waals surface area contributed by atoms with Crippen molar-refractivity contribution in [3.05, 3.63) is 27.2 Å². The first-order chi connectivity index (χ1) is 12.8. The zero-order chi connectivity index (χ0) is 17.9. The van der Waals surface area contributed by atoms with Gasteiger partial charge in [0.05, 0.1) is 18.3 Å². The van der Waals surface area contributed by atoms with E-state index < -0.39 is 0 Å². The molecule has 2 aromatic heterocycles. The summed E-state index contributed by atoms with van der Waals surface area (Å²) in [7, 11) is 0. The van der Waals surface area contributed by atoms with Crippen LogP contribution in [0.4, 0.5) is 0 Å². The van der Waals surface area contributed by atoms with Crippen molar-refractivity contribution in [2.75, 3.05) is 13.1 Å². The summed E-state index contributed by atoms with van der Waals surface area (Å²) in [5.41, 5.74) is 6.90. The second kappa shape index (κ2) is 8.15. The van der Waals surface area contributed by atoms with Crippen LogP contribution in [0.1, 0.15) is 71.8 Å². The van der Waals surface area contributed by atoms with Crippen molar-refractivity contribution in [3.63, 3.8) is 0 Å². The summed E-state index contributed by atoms with van der Waals surface area (Å²) < 4.78 is 2.41. The van der Waals surface area contributed by atoms with E-state index >= 15 is 0 Å². The van der Waals surface area contributed by atoms with Gasteiger partial charge < -0.3 is 10.3 Å². The summed E-state index contributed by atoms with van der Waals surface area (Å²) >= 11 is 1.85. The van der Waals surface area contributed by atoms with Gasteiger partial charge in [-0.3, -0.25) is 4.90 Å². The topological polar surface area (TPSA) is 72.9 Å². The fraction of sp³-hybridized carbons (Fsp3) is 0.737. The lowest BCUT2D eigenvalue weighted by Gasteiger charge is -2.23. The van der Waals surface area contributed by atoms with E-state index in [4.69, 9.17) is 10.7 Å². The molecule has 0 unspecified atom stereocenters. The highest BCUT2D eigenvalue weighted by molar-refractivity contribution is 7.11. The molecule has 2 aliphatic rings. The SMILES string of the molecule is Cc1sc(CN2CCC[C@H]2c2nnc3n2CCCCC3)nc1CCCN. The Bertz CT molecular complexity index is 736. The number of nitrogens with two attached hydrogens (primary N) is 1. The van der Waals surface area contributed by atoms with Crippen LogP contribution >= 0.6 is 11.3 Å². The minimum absolute atomic E-state index is 0.394. The van der Waals surface area contributed by atoms with Gasteiger partial charge in [0, 0.05) is 17.8 Å². The maximum absolute atomic E-state index is 5.66. The van der Waals surface area contributed by atoms with Crippen LogP contribution in [0.5, 0.6) is 0 Å². The molecular weight excluding hydrogens is 344 g/mol. The second-order valence-electron chi connectivity index (χ2n) is 7.57. The third kappa shape index (κ3) is 3.70. The molecule has 6 nitrogen and oxygen atoms in total. The van der Waals surface area contributed by atoms with Crippen molar-refractivity contribution in [3.8, 4) is 0 Å². The van der Waals surface area contributed by atoms with E-state index in [0.717, 1.165) is 45.4 Å². The minimum atomic E-state index is 0.394. The maximum Gasteiger partial charge on any atom is 0.150 e. The van der Waals surface area contributed by atoms with Crippen LogP contribution in [0.2, 0.25) is 0 Å². The molecule has 0 amide bonds. The average Bonchev–Trinajstić information content (AvgIpc) is 3.29. The van der Waals surface area contributed by atoms with Gasteiger partial charge in [-0.05, 0) is 58.5 Å². The monoisotopic (exact) mass is 374 g/mol. The van der Waals surface area contributed by atoms with Gasteiger partial charge in [-0.2, -0.15) is 0 Å². The number of hydrogen-bond acceptors (Lipinski definition) is 6. The van der Waals surface area contributed by atoms with Crippen LogP contribution in [0.25, 0.3) is 0 Å². The Morgan fingerprint density at radius 2 is 2.08 bits per heavy atom. The molecule has 0 spiro atoms. The number of thiazole rings is 1. The number of aromatic nitrogens is 4. The lowest BCUT2D eigenvalue weighted by atomic mass is 10.2. The van der Waals surface area contributed by atoms with E-state index in [1.54, 1.807) is 0 Å². The number of aryl methyl sites for hydroxylation is 3. The summed E-state index contributed by atoms with van der Waals surface area (Å²) in [5.74, 6) is 2.38. The van der Waals surface area contributed by atoms with Gasteiger partial charge in [0.1, 0.15) is 16.7 Å². The smallest absolute Gasteiger partial charge is 0.150 e. The Kier molecular flexibility index (Phi) is 5.66. The molecule has 2 aliphatic heterocycles. The van der Waals surface area contributed by atoms with E-state index in [2.05, 4.69) is 26.6 Å². The Balaban J connectivity index is 1.50. The summed E-state index contributed by atoms with van der Waals surface area (Å²) in [6, 6.07) is 0.394. The highest BCUT2D eigenvalue weighted by atomic mass is 32.1. The van der Waals surface area contributed by atoms with Crippen molar-refractivity contribution in [1.82, 2.24) is 24.6 Å². The van der Waals surface area contributed by atoms with Gasteiger partial charge in [-0.1, -0.05) is 6.42 Å². The van der Waals surface area contributed by atoms with Gasteiger partial charge in [0.2, 0.25) is 0 Å². The van der Waals surface area contributed by atoms with Crippen LogP contribution in [0.15, 0.2) is 0 Å². The standard InChI is InChI=1S/C19H30N6S/c1-14-15(7-5-10-20)21-18(26-14)13-24-11-6-8-16(24)19-23-22-17-9-3-2-4-12-25(17)19/h16H,2-13,20H2,1H3/t16-/m0/s1. The average molecular weight is 375 g/mol. The maximum atomic E-state index is 5.66. The van der Waals surface area contributed by atoms with Gasteiger partial charge in [0.25, 0.3) is 0 Å². The molecule has 0 bridgehead atoms. The van der Waals surface area contributed by atoms with Crippen molar-refractivity contribution in [2.24, 2.45) is 5.73 Å². The fourth-order valence-electron chi connectivity index (χ4n) is 4.29. The van der Waals surface area contributed by atoms with Crippen LogP contribution in [-0.4, -0.2) is 37.7 Å². The van der Waals surface area contributed by atoms with E-state index in [1.165, 1.54) is 59.3 Å². The molecule has 0 aromatic carbocycles. The lowest BCUT2D eigenvalue weighted by molar-refractivity contribution is 0.233. The molecule has 142 valence electrons. The predicted octanol–water partition coefficient (Wildman–Crippen LogP) is 3.00. The minimum Gasteiger partial charge on any atom is -0.330 e. The third-order valence-corrected chi connectivity index (χ3v) is 6.69. The van der Waals surface area contributed by atoms with Crippen LogP contribution in [0, 0.1) is 6.92 Å². The first-order valence-corrected chi connectivity index (χ1v) is 10.9. The molecule has 4 heterocycles. The van der Waals surface area contributed by atoms with Gasteiger partial charge >= 0.3 is 0 Å². The molecule has 26 heavy (non-hydrogen) atoms. The number of likely N-dealkylation sites (tertiary alicyclic amines) is 1. The molecule has 0 radical (unpaired) electrons. The summed E-state index contributed by atoms with van der Waals surface area (Å²) in [5, 5.41) is 10.4. The van der Waals surface area contributed by atoms with E-state index in [0.29, 0.717) is 6.04 Å². The van der Waals surface area contributed by atoms with E-state index in [1.807, 2.05) is 11.3 Å². The number of rotatable bonds is 6. The highest BCUT2D eigenvalue weighted by Gasteiger charge is 2.32. The Morgan fingerprint density at radius 1 is 1.15 bits per heavy atom. The Labute approximate surface area is 159 Å². The first-order valence-electron chi connectivity index (χ1n) is 10.1. The number of fused-ring (bicyclic) bond motifs is 1. The molecular formula is C19H30N6S. The van der Waals surface area contributed by atoms with Crippen molar-refractivity contribution >= 4 is 11.3 Å². The normalized spacial score (nSPS) is 21.1. The molecule has 1 saturated heterocycles. The first kappa shape index (κ1) is 18.1. The highest BCUT2D eigenvalue weighted by Crippen LogP contribution is 2.34. The molecule has 0 saturated carbocycles. The molecule has 4 rings (SSSR count). The Hall–Kier alpha value is -1.31. The molecule has 1 atom stereocenters. The summed E-state index contributed by atoms with van der Waals surface area (Å²) in [4.78, 5) is 8.82. The molecule has 2 N–H and O–H groups in total. The molecule has 1 fully saturated rings. The van der Waals surface area contributed by atoms with Crippen LogP contribution < -0.4 is 5.73 Å².